The van der Waals surface area contributed by atoms with Crippen molar-refractivity contribution in [1.82, 2.24) is 20.5 Å². The molecule has 0 radical (unpaired) electrons. The number of fused-ring (bicyclic) bond motifs is 1. The van der Waals surface area contributed by atoms with Gasteiger partial charge in [0.25, 0.3) is 5.56 Å². The molecule has 0 aliphatic rings. The fourth-order valence-corrected chi connectivity index (χ4v) is 2.22. The molecule has 2 aromatic heterocycles. The average molecular weight is 294 g/mol. The van der Waals surface area contributed by atoms with Crippen molar-refractivity contribution in [1.29, 1.82) is 0 Å². The Bertz CT molecular complexity index is 859. The van der Waals surface area contributed by atoms with Gasteiger partial charge in [-0.25, -0.2) is 5.10 Å². The molecule has 0 bridgehead atoms. The molecule has 6 heteroatoms. The van der Waals surface area contributed by atoms with Crippen LogP contribution in [0.1, 0.15) is 11.3 Å². The van der Waals surface area contributed by atoms with Crippen molar-refractivity contribution in [3.05, 3.63) is 70.4 Å². The Morgan fingerprint density at radius 1 is 1.14 bits per heavy atom. The summed E-state index contributed by atoms with van der Waals surface area (Å²) in [5.74, 6) is -0.159. The van der Waals surface area contributed by atoms with E-state index < -0.39 is 0 Å². The highest BCUT2D eigenvalue weighted by Crippen LogP contribution is 2.12. The number of aromatic nitrogens is 3. The van der Waals surface area contributed by atoms with Crippen LogP contribution < -0.4 is 10.9 Å². The number of carbonyl (C=O) groups is 1. The van der Waals surface area contributed by atoms with Crippen LogP contribution in [-0.2, 0) is 17.8 Å². The number of nitrogens with one attached hydrogen (secondary N) is 2. The summed E-state index contributed by atoms with van der Waals surface area (Å²) >= 11 is 0. The highest BCUT2D eigenvalue weighted by Gasteiger charge is 2.10. The zero-order valence-electron chi connectivity index (χ0n) is 11.7. The van der Waals surface area contributed by atoms with E-state index in [1.165, 1.54) is 0 Å². The van der Waals surface area contributed by atoms with Crippen LogP contribution in [0.15, 0.2) is 53.6 Å². The molecule has 2 N–H and O–H groups in total. The molecule has 110 valence electrons. The molecular weight excluding hydrogens is 280 g/mol. The maximum Gasteiger partial charge on any atom is 0.272 e. The van der Waals surface area contributed by atoms with E-state index in [1.54, 1.807) is 30.6 Å². The first kappa shape index (κ1) is 13.9. The lowest BCUT2D eigenvalue weighted by Gasteiger charge is -2.06. The van der Waals surface area contributed by atoms with E-state index >= 15 is 0 Å². The topological polar surface area (TPSA) is 87.7 Å². The van der Waals surface area contributed by atoms with Gasteiger partial charge in [0.1, 0.15) is 0 Å². The highest BCUT2D eigenvalue weighted by atomic mass is 16.1. The van der Waals surface area contributed by atoms with Crippen LogP contribution in [-0.4, -0.2) is 21.1 Å². The van der Waals surface area contributed by atoms with E-state index in [9.17, 15) is 9.59 Å². The van der Waals surface area contributed by atoms with Gasteiger partial charge in [-0.05, 0) is 17.7 Å². The quantitative estimate of drug-likeness (QED) is 0.756. The third kappa shape index (κ3) is 3.01. The number of nitrogens with zero attached hydrogens (tertiary/aromatic N) is 2. The molecule has 0 aliphatic heterocycles. The monoisotopic (exact) mass is 294 g/mol. The molecule has 1 amide bonds. The van der Waals surface area contributed by atoms with Crippen LogP contribution in [0.25, 0.3) is 10.8 Å². The summed E-state index contributed by atoms with van der Waals surface area (Å²) in [6.07, 6.45) is 3.49. The van der Waals surface area contributed by atoms with Crippen molar-refractivity contribution in [3.63, 3.8) is 0 Å². The van der Waals surface area contributed by atoms with Crippen molar-refractivity contribution in [3.8, 4) is 0 Å². The number of benzene rings is 1. The SMILES string of the molecule is O=C(Cc1n[nH]c(=O)c2ccccc12)NCc1cccnc1. The molecule has 2 heterocycles. The summed E-state index contributed by atoms with van der Waals surface area (Å²) in [6, 6.07) is 10.8. The molecular formula is C16H14N4O2. The Hall–Kier alpha value is -3.02. The summed E-state index contributed by atoms with van der Waals surface area (Å²) < 4.78 is 0. The van der Waals surface area contributed by atoms with Gasteiger partial charge in [-0.1, -0.05) is 24.3 Å². The Kier molecular flexibility index (Phi) is 3.91. The van der Waals surface area contributed by atoms with Crippen molar-refractivity contribution in [2.75, 3.05) is 0 Å². The van der Waals surface area contributed by atoms with Crippen molar-refractivity contribution < 1.29 is 4.79 Å². The van der Waals surface area contributed by atoms with Crippen LogP contribution in [0, 0.1) is 0 Å². The summed E-state index contributed by atoms with van der Waals surface area (Å²) in [4.78, 5) is 27.7. The van der Waals surface area contributed by atoms with Crippen LogP contribution in [0.4, 0.5) is 0 Å². The minimum absolute atomic E-state index is 0.109. The molecule has 3 aromatic rings. The molecule has 6 nitrogen and oxygen atoms in total. The van der Waals surface area contributed by atoms with Gasteiger partial charge in [0.15, 0.2) is 0 Å². The first-order chi connectivity index (χ1) is 10.7. The number of aromatic amines is 1. The van der Waals surface area contributed by atoms with Crippen LogP contribution in [0.3, 0.4) is 0 Å². The van der Waals surface area contributed by atoms with Gasteiger partial charge in [0.2, 0.25) is 5.91 Å². The number of pyridine rings is 1. The van der Waals surface area contributed by atoms with Gasteiger partial charge in [0, 0.05) is 24.3 Å². The van der Waals surface area contributed by atoms with E-state index in [2.05, 4.69) is 20.5 Å². The summed E-state index contributed by atoms with van der Waals surface area (Å²) in [5.41, 5.74) is 1.23. The number of carbonyl (C=O) groups excluding carboxylic acids is 1. The third-order valence-electron chi connectivity index (χ3n) is 3.32. The van der Waals surface area contributed by atoms with E-state index in [0.717, 1.165) is 5.56 Å². The van der Waals surface area contributed by atoms with Gasteiger partial charge in [-0.15, -0.1) is 0 Å². The first-order valence-corrected chi connectivity index (χ1v) is 6.86. The van der Waals surface area contributed by atoms with Crippen LogP contribution in [0.2, 0.25) is 0 Å². The minimum atomic E-state index is -0.255. The van der Waals surface area contributed by atoms with E-state index in [-0.39, 0.29) is 17.9 Å². The third-order valence-corrected chi connectivity index (χ3v) is 3.32. The Balaban J connectivity index is 1.75. The molecule has 0 saturated carbocycles. The fourth-order valence-electron chi connectivity index (χ4n) is 2.22. The van der Waals surface area contributed by atoms with Crippen LogP contribution in [0.5, 0.6) is 0 Å². The lowest BCUT2D eigenvalue weighted by Crippen LogP contribution is -2.25. The van der Waals surface area contributed by atoms with Gasteiger partial charge < -0.3 is 5.32 Å². The Morgan fingerprint density at radius 2 is 1.95 bits per heavy atom. The summed E-state index contributed by atoms with van der Waals surface area (Å²) in [7, 11) is 0. The second kappa shape index (κ2) is 6.17. The number of H-pyrrole nitrogens is 1. The smallest absolute Gasteiger partial charge is 0.272 e. The number of rotatable bonds is 4. The standard InChI is InChI=1S/C16H14N4O2/c21-15(18-10-11-4-3-7-17-9-11)8-14-12-5-1-2-6-13(12)16(22)20-19-14/h1-7,9H,8,10H2,(H,18,21)(H,20,22). The number of amides is 1. The molecule has 0 spiro atoms. The number of hydrogen-bond donors (Lipinski definition) is 2. The van der Waals surface area contributed by atoms with E-state index in [4.69, 9.17) is 0 Å². The van der Waals surface area contributed by atoms with Crippen molar-refractivity contribution in [2.45, 2.75) is 13.0 Å². The molecule has 0 unspecified atom stereocenters. The molecule has 0 saturated heterocycles. The molecule has 0 aliphatic carbocycles. The molecule has 1 aromatic carbocycles. The zero-order valence-corrected chi connectivity index (χ0v) is 11.7. The molecule has 3 rings (SSSR count). The molecule has 0 fully saturated rings. The molecule has 0 atom stereocenters. The predicted octanol–water partition coefficient (Wildman–Crippen LogP) is 1.18. The Labute approximate surface area is 126 Å². The van der Waals surface area contributed by atoms with Gasteiger partial charge in [-0.2, -0.15) is 5.10 Å². The second-order valence-corrected chi connectivity index (χ2v) is 4.86. The van der Waals surface area contributed by atoms with Gasteiger partial charge in [0.05, 0.1) is 17.5 Å². The molecule has 22 heavy (non-hydrogen) atoms. The maximum atomic E-state index is 12.1. The van der Waals surface area contributed by atoms with Gasteiger partial charge in [-0.3, -0.25) is 14.6 Å². The minimum Gasteiger partial charge on any atom is -0.352 e. The zero-order chi connectivity index (χ0) is 15.4. The van der Waals surface area contributed by atoms with E-state index in [0.29, 0.717) is 23.0 Å². The van der Waals surface area contributed by atoms with Crippen molar-refractivity contribution in [2.24, 2.45) is 0 Å². The average Bonchev–Trinajstić information content (AvgIpc) is 2.57. The van der Waals surface area contributed by atoms with Crippen molar-refractivity contribution >= 4 is 16.7 Å². The van der Waals surface area contributed by atoms with Gasteiger partial charge >= 0.3 is 0 Å². The summed E-state index contributed by atoms with van der Waals surface area (Å²) in [6.45, 7) is 0.411. The Morgan fingerprint density at radius 3 is 2.73 bits per heavy atom. The second-order valence-electron chi connectivity index (χ2n) is 4.86. The largest absolute Gasteiger partial charge is 0.352 e. The lowest BCUT2D eigenvalue weighted by atomic mass is 10.1. The first-order valence-electron chi connectivity index (χ1n) is 6.86. The predicted molar refractivity (Wildman–Crippen MR) is 82.2 cm³/mol. The fraction of sp³-hybridized carbons (Fsp3) is 0.125. The maximum absolute atomic E-state index is 12.1. The normalized spacial score (nSPS) is 10.5. The number of hydrogen-bond acceptors (Lipinski definition) is 4. The highest BCUT2D eigenvalue weighted by molar-refractivity contribution is 5.88. The van der Waals surface area contributed by atoms with E-state index in [1.807, 2.05) is 18.2 Å². The summed E-state index contributed by atoms with van der Waals surface area (Å²) in [5, 5.41) is 10.5. The van der Waals surface area contributed by atoms with Crippen LogP contribution >= 0.6 is 0 Å². The lowest BCUT2D eigenvalue weighted by molar-refractivity contribution is -0.120.